The summed E-state index contributed by atoms with van der Waals surface area (Å²) in [5.74, 6) is 0.0822. The number of benzene rings is 1. The topological polar surface area (TPSA) is 85.6 Å². The van der Waals surface area contributed by atoms with Gasteiger partial charge in [-0.1, -0.05) is 30.3 Å². The molecule has 2 aromatic rings. The summed E-state index contributed by atoms with van der Waals surface area (Å²) in [6.45, 7) is 1.81. The zero-order valence-corrected chi connectivity index (χ0v) is 12.0. The van der Waals surface area contributed by atoms with Gasteiger partial charge in [-0.3, -0.25) is 4.98 Å². The number of aromatic hydroxyl groups is 1. The molecule has 5 heteroatoms. The first-order valence-corrected chi connectivity index (χ1v) is 6.83. The number of rotatable bonds is 6. The molecule has 0 spiro atoms. The zero-order valence-electron chi connectivity index (χ0n) is 12.0. The van der Waals surface area contributed by atoms with Crippen LogP contribution in [0, 0.1) is 6.92 Å². The van der Waals surface area contributed by atoms with E-state index in [1.165, 1.54) is 0 Å². The first kappa shape index (κ1) is 15.4. The van der Waals surface area contributed by atoms with Crippen molar-refractivity contribution in [1.29, 1.82) is 0 Å². The van der Waals surface area contributed by atoms with Gasteiger partial charge in [0, 0.05) is 23.9 Å². The summed E-state index contributed by atoms with van der Waals surface area (Å²) in [7, 11) is 0. The maximum absolute atomic E-state index is 10.1. The summed E-state index contributed by atoms with van der Waals surface area (Å²) in [4.78, 5) is 4.03. The van der Waals surface area contributed by atoms with Gasteiger partial charge in [0.25, 0.3) is 0 Å². The van der Waals surface area contributed by atoms with Gasteiger partial charge in [0.05, 0.1) is 24.9 Å². The number of pyridine rings is 1. The molecule has 1 heterocycles. The highest BCUT2D eigenvalue weighted by Crippen LogP contribution is 2.24. The minimum Gasteiger partial charge on any atom is -0.506 e. The lowest BCUT2D eigenvalue weighted by molar-refractivity contribution is 0.242. The Labute approximate surface area is 123 Å². The second kappa shape index (κ2) is 7.17. The fraction of sp³-hybridized carbons (Fsp3) is 0.312. The summed E-state index contributed by atoms with van der Waals surface area (Å²) < 4.78 is 0. The van der Waals surface area contributed by atoms with E-state index in [-0.39, 0.29) is 25.0 Å². The third kappa shape index (κ3) is 3.58. The van der Waals surface area contributed by atoms with Crippen LogP contribution in [-0.2, 0) is 13.2 Å². The van der Waals surface area contributed by atoms with E-state index in [9.17, 15) is 15.3 Å². The molecule has 4 N–H and O–H groups in total. The Bertz CT molecular complexity index is 588. The lowest BCUT2D eigenvalue weighted by Crippen LogP contribution is -2.24. The van der Waals surface area contributed by atoms with Gasteiger partial charge in [0.1, 0.15) is 5.75 Å². The molecule has 0 bridgehead atoms. The Morgan fingerprint density at radius 3 is 2.52 bits per heavy atom. The number of aryl methyl sites for hydroxylation is 1. The number of hydrogen-bond acceptors (Lipinski definition) is 5. The lowest BCUT2D eigenvalue weighted by Gasteiger charge is -2.19. The SMILES string of the molecule is Cc1ncc(CO)c(CN[C@@H](CO)c2ccccc2)c1O. The Balaban J connectivity index is 2.17. The maximum atomic E-state index is 10.1. The van der Waals surface area contributed by atoms with Gasteiger partial charge >= 0.3 is 0 Å². The smallest absolute Gasteiger partial charge is 0.141 e. The van der Waals surface area contributed by atoms with Crippen LogP contribution in [0.5, 0.6) is 5.75 Å². The highest BCUT2D eigenvalue weighted by atomic mass is 16.3. The van der Waals surface area contributed by atoms with Crippen molar-refractivity contribution >= 4 is 0 Å². The second-order valence-corrected chi connectivity index (χ2v) is 4.88. The zero-order chi connectivity index (χ0) is 15.2. The fourth-order valence-corrected chi connectivity index (χ4v) is 2.22. The molecule has 0 unspecified atom stereocenters. The largest absolute Gasteiger partial charge is 0.506 e. The molecular weight excluding hydrogens is 268 g/mol. The molecule has 0 aliphatic carbocycles. The van der Waals surface area contributed by atoms with Crippen LogP contribution in [-0.4, -0.2) is 26.9 Å². The molecule has 2 rings (SSSR count). The van der Waals surface area contributed by atoms with E-state index in [0.717, 1.165) is 5.56 Å². The average Bonchev–Trinajstić information content (AvgIpc) is 2.53. The maximum Gasteiger partial charge on any atom is 0.141 e. The van der Waals surface area contributed by atoms with E-state index in [1.807, 2.05) is 30.3 Å². The van der Waals surface area contributed by atoms with E-state index < -0.39 is 0 Å². The Morgan fingerprint density at radius 2 is 1.90 bits per heavy atom. The van der Waals surface area contributed by atoms with E-state index >= 15 is 0 Å². The third-order valence-corrected chi connectivity index (χ3v) is 3.51. The quantitative estimate of drug-likeness (QED) is 0.646. The number of nitrogens with zero attached hydrogens (tertiary/aromatic N) is 1. The monoisotopic (exact) mass is 288 g/mol. The highest BCUT2D eigenvalue weighted by molar-refractivity contribution is 5.40. The lowest BCUT2D eigenvalue weighted by atomic mass is 10.1. The van der Waals surface area contributed by atoms with Crippen molar-refractivity contribution in [3.8, 4) is 5.75 Å². The number of aromatic nitrogens is 1. The standard InChI is InChI=1S/C16H20N2O3/c1-11-16(21)14(13(9-19)7-17-11)8-18-15(10-20)12-5-3-2-4-6-12/h2-7,15,18-21H,8-10H2,1H3/t15-/m0/s1. The normalized spacial score (nSPS) is 12.3. The van der Waals surface area contributed by atoms with Crippen molar-refractivity contribution in [3.05, 3.63) is 58.9 Å². The molecule has 112 valence electrons. The molecular formula is C16H20N2O3. The van der Waals surface area contributed by atoms with E-state index in [2.05, 4.69) is 10.3 Å². The predicted molar refractivity (Wildman–Crippen MR) is 79.7 cm³/mol. The average molecular weight is 288 g/mol. The predicted octanol–water partition coefficient (Wildman–Crippen LogP) is 1.41. The molecule has 0 fully saturated rings. The van der Waals surface area contributed by atoms with Gasteiger partial charge in [0.2, 0.25) is 0 Å². The molecule has 0 aliphatic rings. The second-order valence-electron chi connectivity index (χ2n) is 4.88. The molecule has 1 atom stereocenters. The number of aliphatic hydroxyl groups is 2. The van der Waals surface area contributed by atoms with Crippen LogP contribution in [0.15, 0.2) is 36.5 Å². The van der Waals surface area contributed by atoms with Crippen molar-refractivity contribution in [2.45, 2.75) is 26.1 Å². The first-order valence-electron chi connectivity index (χ1n) is 6.83. The van der Waals surface area contributed by atoms with Crippen LogP contribution in [0.4, 0.5) is 0 Å². The van der Waals surface area contributed by atoms with Crippen LogP contribution in [0.2, 0.25) is 0 Å². The summed E-state index contributed by atoms with van der Waals surface area (Å²) in [5, 5.41) is 32.2. The summed E-state index contributed by atoms with van der Waals surface area (Å²) in [5.41, 5.74) is 2.68. The van der Waals surface area contributed by atoms with Crippen LogP contribution in [0.1, 0.15) is 28.4 Å². The minimum absolute atomic E-state index is 0.0523. The molecule has 0 radical (unpaired) electrons. The Kier molecular flexibility index (Phi) is 5.27. The van der Waals surface area contributed by atoms with Crippen molar-refractivity contribution in [1.82, 2.24) is 10.3 Å². The van der Waals surface area contributed by atoms with E-state index in [0.29, 0.717) is 23.4 Å². The van der Waals surface area contributed by atoms with Crippen molar-refractivity contribution in [2.75, 3.05) is 6.61 Å². The van der Waals surface area contributed by atoms with Crippen LogP contribution in [0.25, 0.3) is 0 Å². The van der Waals surface area contributed by atoms with Gasteiger partial charge in [-0.15, -0.1) is 0 Å². The Hall–Kier alpha value is -1.95. The van der Waals surface area contributed by atoms with E-state index in [4.69, 9.17) is 0 Å². The van der Waals surface area contributed by atoms with Crippen LogP contribution < -0.4 is 5.32 Å². The molecule has 1 aromatic heterocycles. The van der Waals surface area contributed by atoms with Gasteiger partial charge in [-0.2, -0.15) is 0 Å². The number of hydrogen-bond donors (Lipinski definition) is 4. The Morgan fingerprint density at radius 1 is 1.19 bits per heavy atom. The number of nitrogens with one attached hydrogen (secondary N) is 1. The van der Waals surface area contributed by atoms with Gasteiger partial charge in [-0.25, -0.2) is 0 Å². The van der Waals surface area contributed by atoms with Crippen molar-refractivity contribution in [3.63, 3.8) is 0 Å². The fourth-order valence-electron chi connectivity index (χ4n) is 2.22. The van der Waals surface area contributed by atoms with Gasteiger partial charge < -0.3 is 20.6 Å². The third-order valence-electron chi connectivity index (χ3n) is 3.51. The minimum atomic E-state index is -0.231. The molecule has 5 nitrogen and oxygen atoms in total. The summed E-state index contributed by atoms with van der Waals surface area (Å²) in [6, 6.07) is 9.36. The summed E-state index contributed by atoms with van der Waals surface area (Å²) >= 11 is 0. The number of aliphatic hydroxyl groups excluding tert-OH is 2. The van der Waals surface area contributed by atoms with Crippen LogP contribution in [0.3, 0.4) is 0 Å². The van der Waals surface area contributed by atoms with E-state index in [1.54, 1.807) is 13.1 Å². The molecule has 0 saturated heterocycles. The van der Waals surface area contributed by atoms with Gasteiger partial charge in [-0.05, 0) is 12.5 Å². The highest BCUT2D eigenvalue weighted by Gasteiger charge is 2.14. The van der Waals surface area contributed by atoms with Gasteiger partial charge in [0.15, 0.2) is 0 Å². The molecule has 21 heavy (non-hydrogen) atoms. The molecule has 0 amide bonds. The van der Waals surface area contributed by atoms with Crippen molar-refractivity contribution < 1.29 is 15.3 Å². The first-order chi connectivity index (χ1) is 10.2. The molecule has 0 aliphatic heterocycles. The van der Waals surface area contributed by atoms with Crippen molar-refractivity contribution in [2.24, 2.45) is 0 Å². The summed E-state index contributed by atoms with van der Waals surface area (Å²) in [6.07, 6.45) is 1.56. The molecule has 1 aromatic carbocycles. The van der Waals surface area contributed by atoms with Crippen LogP contribution >= 0.6 is 0 Å². The molecule has 0 saturated carbocycles.